The summed E-state index contributed by atoms with van der Waals surface area (Å²) >= 11 is 0. The number of nitrogens with one attached hydrogen (secondary N) is 1. The zero-order valence-corrected chi connectivity index (χ0v) is 15.3. The van der Waals surface area contributed by atoms with Crippen LogP contribution in [-0.2, 0) is 27.1 Å². The lowest BCUT2D eigenvalue weighted by atomic mass is 10.2. The lowest BCUT2D eigenvalue weighted by Gasteiger charge is -2.26. The molecule has 0 fully saturated rings. The molecule has 24 heavy (non-hydrogen) atoms. The van der Waals surface area contributed by atoms with E-state index in [-0.39, 0.29) is 12.5 Å². The van der Waals surface area contributed by atoms with Gasteiger partial charge < -0.3 is 10.1 Å². The van der Waals surface area contributed by atoms with Gasteiger partial charge in [0.15, 0.2) is 0 Å². The Hall–Kier alpha value is -2.15. The monoisotopic (exact) mass is 352 g/mol. The summed E-state index contributed by atoms with van der Waals surface area (Å²) in [7, 11) is -0.350. The molecule has 6 nitrogen and oxygen atoms in total. The molecule has 132 valence electrons. The van der Waals surface area contributed by atoms with E-state index in [2.05, 4.69) is 10.1 Å². The van der Waals surface area contributed by atoms with Crippen LogP contribution >= 0.6 is 0 Å². The predicted octanol–water partition coefficient (Wildman–Crippen LogP) is 2.39. The molecule has 0 spiro atoms. The maximum absolute atomic E-state index is 12.4. The smallest absolute Gasteiger partial charge is 0.421 e. The second-order valence-corrected chi connectivity index (χ2v) is 8.16. The molecule has 0 saturated carbocycles. The quantitative estimate of drug-likeness (QED) is 0.798. The van der Waals surface area contributed by atoms with Gasteiger partial charge in [-0.25, -0.2) is 13.3 Å². The van der Waals surface area contributed by atoms with Gasteiger partial charge in [-0.3, -0.25) is 4.79 Å². The van der Waals surface area contributed by atoms with Crippen LogP contribution in [0.4, 0.5) is 4.79 Å². The highest BCUT2D eigenvalue weighted by Crippen LogP contribution is 2.16. The first-order valence-electron chi connectivity index (χ1n) is 7.51. The van der Waals surface area contributed by atoms with E-state index in [1.165, 1.54) is 19.3 Å². The molecule has 1 atom stereocenters. The molecule has 0 aliphatic carbocycles. The molecule has 1 rings (SSSR count). The third-order valence-electron chi connectivity index (χ3n) is 2.95. The van der Waals surface area contributed by atoms with Gasteiger partial charge in [0.2, 0.25) is 5.91 Å². The van der Waals surface area contributed by atoms with Crippen LogP contribution in [0.25, 0.3) is 0 Å². The standard InChI is InChI=1S/C17H24N2O4S/c1-17(2,3)24(22)19(16(21)23-4)12-8-11-15(20)18-13-14-9-6-5-7-10-14/h5-11H,12-13H2,1-4H3,(H,18,20)/b11-8+. The van der Waals surface area contributed by atoms with Gasteiger partial charge in [-0.05, 0) is 26.3 Å². The van der Waals surface area contributed by atoms with Crippen LogP contribution in [0.15, 0.2) is 42.5 Å². The molecule has 1 aromatic carbocycles. The number of benzene rings is 1. The summed E-state index contributed by atoms with van der Waals surface area (Å²) < 4.78 is 17.5. The zero-order valence-electron chi connectivity index (χ0n) is 14.4. The van der Waals surface area contributed by atoms with E-state index in [1.807, 2.05) is 30.3 Å². The first-order valence-corrected chi connectivity index (χ1v) is 8.62. The summed E-state index contributed by atoms with van der Waals surface area (Å²) in [4.78, 5) is 23.6. The van der Waals surface area contributed by atoms with Crippen LogP contribution in [0.1, 0.15) is 26.3 Å². The van der Waals surface area contributed by atoms with Crippen molar-refractivity contribution in [2.45, 2.75) is 32.1 Å². The summed E-state index contributed by atoms with van der Waals surface area (Å²) in [6, 6.07) is 9.52. The molecule has 0 saturated heterocycles. The van der Waals surface area contributed by atoms with Gasteiger partial charge in [0.05, 0.1) is 18.4 Å². The SMILES string of the molecule is COC(=O)N(C/C=C/C(=O)NCc1ccccc1)S(=O)C(C)(C)C. The van der Waals surface area contributed by atoms with Crippen molar-refractivity contribution in [3.63, 3.8) is 0 Å². The maximum atomic E-state index is 12.4. The Kier molecular flexibility index (Phi) is 7.64. The Bertz CT molecular complexity index is 609. The van der Waals surface area contributed by atoms with Crippen LogP contribution in [0.3, 0.4) is 0 Å². The molecule has 1 aromatic rings. The number of amides is 2. The molecule has 0 bridgehead atoms. The first kappa shape index (κ1) is 19.9. The number of nitrogens with zero attached hydrogens (tertiary/aromatic N) is 1. The first-order chi connectivity index (χ1) is 11.3. The Morgan fingerprint density at radius 3 is 2.42 bits per heavy atom. The highest BCUT2D eigenvalue weighted by molar-refractivity contribution is 7.84. The Labute approximate surface area is 145 Å². The third kappa shape index (κ3) is 6.54. The summed E-state index contributed by atoms with van der Waals surface area (Å²) in [5.74, 6) is -0.287. The molecular formula is C17H24N2O4S. The Morgan fingerprint density at radius 1 is 1.25 bits per heavy atom. The zero-order chi connectivity index (χ0) is 18.2. The minimum atomic E-state index is -1.58. The van der Waals surface area contributed by atoms with Crippen molar-refractivity contribution in [1.82, 2.24) is 9.62 Å². The van der Waals surface area contributed by atoms with Gasteiger partial charge in [0, 0.05) is 12.6 Å². The van der Waals surface area contributed by atoms with Crippen LogP contribution in [0, 0.1) is 0 Å². The molecule has 0 aromatic heterocycles. The molecule has 0 aliphatic heterocycles. The summed E-state index contributed by atoms with van der Waals surface area (Å²) in [5, 5.41) is 2.74. The van der Waals surface area contributed by atoms with Crippen molar-refractivity contribution in [2.75, 3.05) is 13.7 Å². The van der Waals surface area contributed by atoms with Gasteiger partial charge in [0.25, 0.3) is 0 Å². The highest BCUT2D eigenvalue weighted by Gasteiger charge is 2.29. The van der Waals surface area contributed by atoms with Gasteiger partial charge in [0.1, 0.15) is 11.0 Å². The van der Waals surface area contributed by atoms with E-state index < -0.39 is 21.8 Å². The molecule has 1 N–H and O–H groups in total. The Morgan fingerprint density at radius 2 is 1.88 bits per heavy atom. The van der Waals surface area contributed by atoms with Gasteiger partial charge in [-0.1, -0.05) is 36.4 Å². The topological polar surface area (TPSA) is 75.7 Å². The molecule has 2 amide bonds. The molecule has 0 radical (unpaired) electrons. The number of hydrogen-bond acceptors (Lipinski definition) is 4. The van der Waals surface area contributed by atoms with Gasteiger partial charge >= 0.3 is 6.09 Å². The van der Waals surface area contributed by atoms with Crippen molar-refractivity contribution in [3.05, 3.63) is 48.0 Å². The fourth-order valence-corrected chi connectivity index (χ4v) is 2.83. The van der Waals surface area contributed by atoms with Crippen LogP contribution in [-0.4, -0.2) is 38.9 Å². The van der Waals surface area contributed by atoms with Crippen molar-refractivity contribution in [3.8, 4) is 0 Å². The maximum Gasteiger partial charge on any atom is 0.421 e. The van der Waals surface area contributed by atoms with E-state index in [0.717, 1.165) is 9.87 Å². The van der Waals surface area contributed by atoms with E-state index in [1.54, 1.807) is 20.8 Å². The second-order valence-electron chi connectivity index (χ2n) is 6.00. The third-order valence-corrected chi connectivity index (χ3v) is 4.70. The number of methoxy groups -OCH3 is 1. The minimum Gasteiger partial charge on any atom is -0.452 e. The summed E-state index contributed by atoms with van der Waals surface area (Å²) in [6.45, 7) is 5.72. The summed E-state index contributed by atoms with van der Waals surface area (Å²) in [5.41, 5.74) is 0.990. The van der Waals surface area contributed by atoms with Crippen molar-refractivity contribution in [1.29, 1.82) is 0 Å². The second kappa shape index (κ2) is 9.22. The number of hydrogen-bond donors (Lipinski definition) is 1. The fourth-order valence-electron chi connectivity index (χ4n) is 1.74. The number of rotatable bonds is 6. The molecule has 0 heterocycles. The van der Waals surface area contributed by atoms with Crippen molar-refractivity contribution >= 4 is 23.0 Å². The normalized spacial score (nSPS) is 12.7. The van der Waals surface area contributed by atoms with E-state index in [9.17, 15) is 13.8 Å². The fraction of sp³-hybridized carbons (Fsp3) is 0.412. The molecule has 7 heteroatoms. The van der Waals surface area contributed by atoms with Gasteiger partial charge in [-0.15, -0.1) is 0 Å². The van der Waals surface area contributed by atoms with E-state index in [0.29, 0.717) is 6.54 Å². The van der Waals surface area contributed by atoms with Gasteiger partial charge in [-0.2, -0.15) is 0 Å². The lowest BCUT2D eigenvalue weighted by Crippen LogP contribution is -2.41. The Balaban J connectivity index is 2.59. The minimum absolute atomic E-state index is 0.0231. The number of carbonyl (C=O) groups is 2. The van der Waals surface area contributed by atoms with E-state index in [4.69, 9.17) is 0 Å². The predicted molar refractivity (Wildman–Crippen MR) is 94.4 cm³/mol. The number of ether oxygens (including phenoxy) is 1. The summed E-state index contributed by atoms with van der Waals surface area (Å²) in [6.07, 6.45) is 2.11. The average molecular weight is 352 g/mol. The molecule has 0 aliphatic rings. The number of carbonyl (C=O) groups excluding carboxylic acids is 2. The van der Waals surface area contributed by atoms with Crippen LogP contribution in [0.5, 0.6) is 0 Å². The van der Waals surface area contributed by atoms with Crippen LogP contribution in [0.2, 0.25) is 0 Å². The van der Waals surface area contributed by atoms with Crippen molar-refractivity contribution < 1.29 is 18.5 Å². The molecular weight excluding hydrogens is 328 g/mol. The van der Waals surface area contributed by atoms with Crippen molar-refractivity contribution in [2.24, 2.45) is 0 Å². The average Bonchev–Trinajstić information content (AvgIpc) is 2.55. The highest BCUT2D eigenvalue weighted by atomic mass is 32.2. The van der Waals surface area contributed by atoms with Crippen LogP contribution < -0.4 is 5.32 Å². The molecule has 1 unspecified atom stereocenters. The van der Waals surface area contributed by atoms with E-state index >= 15 is 0 Å². The lowest BCUT2D eigenvalue weighted by molar-refractivity contribution is -0.116. The largest absolute Gasteiger partial charge is 0.452 e.